The maximum Gasteiger partial charge on any atom is 0.341 e. The average Bonchev–Trinajstić information content (AvgIpc) is 2.17. The van der Waals surface area contributed by atoms with Gasteiger partial charge in [0.2, 0.25) is 0 Å². The Bertz CT molecular complexity index is 317. The summed E-state index contributed by atoms with van der Waals surface area (Å²) in [6, 6.07) is 0. The molecule has 76 valence electrons. The molecule has 2 unspecified atom stereocenters. The van der Waals surface area contributed by atoms with Crippen LogP contribution in [-0.2, 0) is 14.3 Å². The number of carbonyl (C=O) groups is 2. The number of rotatable bonds is 3. The van der Waals surface area contributed by atoms with Crippen LogP contribution in [0.2, 0.25) is 0 Å². The van der Waals surface area contributed by atoms with Crippen LogP contribution in [0.3, 0.4) is 0 Å². The van der Waals surface area contributed by atoms with Gasteiger partial charge in [-0.25, -0.2) is 4.79 Å². The number of hydrogen-bond acceptors (Lipinski definition) is 3. The molecule has 0 aromatic rings. The summed E-state index contributed by atoms with van der Waals surface area (Å²) < 4.78 is 4.80. The third kappa shape index (κ3) is 1.42. The average molecular weight is 198 g/mol. The topological polar surface area (TPSA) is 83.8 Å². The van der Waals surface area contributed by atoms with Crippen LogP contribution >= 0.6 is 0 Å². The maximum atomic E-state index is 10.9. The number of ether oxygens (including phenoxy) is 1. The molecule has 0 saturated heterocycles. The molecule has 0 saturated carbocycles. The minimum absolute atomic E-state index is 1.17. The molecule has 0 radical (unpaired) electrons. The lowest BCUT2D eigenvalue weighted by Gasteiger charge is -2.30. The van der Waals surface area contributed by atoms with Gasteiger partial charge in [0.25, 0.3) is 0 Å². The number of allylic oxidation sites excluding steroid dienone is 2. The number of hydrogen-bond donors (Lipinski definition) is 2. The van der Waals surface area contributed by atoms with Crippen molar-refractivity contribution in [2.75, 3.05) is 7.11 Å². The highest BCUT2D eigenvalue weighted by Crippen LogP contribution is 2.28. The van der Waals surface area contributed by atoms with Crippen LogP contribution in [0.5, 0.6) is 0 Å². The van der Waals surface area contributed by atoms with Gasteiger partial charge in [-0.2, -0.15) is 0 Å². The highest BCUT2D eigenvalue weighted by atomic mass is 16.5. The van der Waals surface area contributed by atoms with Crippen molar-refractivity contribution in [2.24, 2.45) is 5.92 Å². The van der Waals surface area contributed by atoms with E-state index in [9.17, 15) is 9.59 Å². The summed E-state index contributed by atoms with van der Waals surface area (Å²) in [7, 11) is 1.17. The van der Waals surface area contributed by atoms with E-state index in [1.54, 1.807) is 0 Å². The SMILES string of the molecule is COC1(C(=O)O)C=CC=CC1C(=O)O. The molecule has 1 rings (SSSR count). The minimum Gasteiger partial charge on any atom is -0.481 e. The summed E-state index contributed by atoms with van der Waals surface area (Å²) in [6.45, 7) is 0. The first-order chi connectivity index (χ1) is 6.54. The van der Waals surface area contributed by atoms with Gasteiger partial charge in [-0.05, 0) is 6.08 Å². The fraction of sp³-hybridized carbons (Fsp3) is 0.333. The normalized spacial score (nSPS) is 30.2. The molecule has 0 fully saturated rings. The Kier molecular flexibility index (Phi) is 2.71. The van der Waals surface area contributed by atoms with Crippen molar-refractivity contribution < 1.29 is 24.5 Å². The van der Waals surface area contributed by atoms with Crippen molar-refractivity contribution >= 4 is 11.9 Å². The Morgan fingerprint density at radius 3 is 2.36 bits per heavy atom. The third-order valence-electron chi connectivity index (χ3n) is 2.16. The largest absolute Gasteiger partial charge is 0.481 e. The second kappa shape index (κ2) is 3.63. The van der Waals surface area contributed by atoms with E-state index >= 15 is 0 Å². The van der Waals surface area contributed by atoms with E-state index in [0.717, 1.165) is 0 Å². The predicted molar refractivity (Wildman–Crippen MR) is 46.8 cm³/mol. The molecular weight excluding hydrogens is 188 g/mol. The van der Waals surface area contributed by atoms with Crippen molar-refractivity contribution in [2.45, 2.75) is 5.60 Å². The Balaban J connectivity index is 3.15. The van der Waals surface area contributed by atoms with Crippen molar-refractivity contribution in [3.05, 3.63) is 24.3 Å². The lowest BCUT2D eigenvalue weighted by Crippen LogP contribution is -2.49. The van der Waals surface area contributed by atoms with E-state index in [0.29, 0.717) is 0 Å². The summed E-state index contributed by atoms with van der Waals surface area (Å²) in [6.07, 6.45) is 5.46. The molecule has 1 aliphatic rings. The van der Waals surface area contributed by atoms with Crippen molar-refractivity contribution in [1.29, 1.82) is 0 Å². The van der Waals surface area contributed by atoms with Crippen LogP contribution < -0.4 is 0 Å². The van der Waals surface area contributed by atoms with Crippen LogP contribution in [0.4, 0.5) is 0 Å². The number of carboxylic acid groups (broad SMARTS) is 2. The standard InChI is InChI=1S/C9H10O5/c1-14-9(8(12)13)5-3-2-4-6(9)7(10)11/h2-6H,1H3,(H,10,11)(H,12,13). The van der Waals surface area contributed by atoms with Gasteiger partial charge in [-0.3, -0.25) is 4.79 Å². The summed E-state index contributed by atoms with van der Waals surface area (Å²) in [5, 5.41) is 17.8. The first-order valence-electron chi connectivity index (χ1n) is 3.92. The summed E-state index contributed by atoms with van der Waals surface area (Å²) in [4.78, 5) is 21.8. The number of methoxy groups -OCH3 is 1. The van der Waals surface area contributed by atoms with Crippen LogP contribution in [-0.4, -0.2) is 34.9 Å². The van der Waals surface area contributed by atoms with Crippen LogP contribution in [0, 0.1) is 5.92 Å². The van der Waals surface area contributed by atoms with Crippen LogP contribution in [0.1, 0.15) is 0 Å². The van der Waals surface area contributed by atoms with Gasteiger partial charge >= 0.3 is 11.9 Å². The maximum absolute atomic E-state index is 10.9. The quantitative estimate of drug-likeness (QED) is 0.680. The first kappa shape index (κ1) is 10.5. The van der Waals surface area contributed by atoms with Crippen molar-refractivity contribution in [1.82, 2.24) is 0 Å². The molecule has 14 heavy (non-hydrogen) atoms. The molecule has 5 nitrogen and oxygen atoms in total. The molecule has 0 aliphatic heterocycles. The number of carboxylic acids is 2. The van der Waals surface area contributed by atoms with Gasteiger partial charge in [-0.1, -0.05) is 18.2 Å². The summed E-state index contributed by atoms with van der Waals surface area (Å²) in [5.41, 5.74) is -1.79. The number of aliphatic carboxylic acids is 2. The van der Waals surface area contributed by atoms with Gasteiger partial charge in [0.05, 0.1) is 0 Å². The molecule has 0 aromatic carbocycles. The molecule has 0 amide bonds. The summed E-state index contributed by atoms with van der Waals surface area (Å²) in [5.74, 6) is -3.74. The predicted octanol–water partition coefficient (Wildman–Crippen LogP) is 0.283. The van der Waals surface area contributed by atoms with E-state index in [2.05, 4.69) is 0 Å². The second-order valence-electron chi connectivity index (χ2n) is 2.86. The lowest BCUT2D eigenvalue weighted by atomic mass is 9.83. The molecular formula is C9H10O5. The Morgan fingerprint density at radius 2 is 2.00 bits per heavy atom. The third-order valence-corrected chi connectivity index (χ3v) is 2.16. The molecule has 5 heteroatoms. The van der Waals surface area contributed by atoms with E-state index in [4.69, 9.17) is 14.9 Å². The molecule has 0 aromatic heterocycles. The zero-order chi connectivity index (χ0) is 10.8. The smallest absolute Gasteiger partial charge is 0.341 e. The molecule has 1 aliphatic carbocycles. The zero-order valence-corrected chi connectivity index (χ0v) is 7.51. The van der Waals surface area contributed by atoms with E-state index in [1.165, 1.54) is 31.4 Å². The van der Waals surface area contributed by atoms with Gasteiger partial charge in [0.15, 0.2) is 5.60 Å². The van der Waals surface area contributed by atoms with Crippen LogP contribution in [0.25, 0.3) is 0 Å². The highest BCUT2D eigenvalue weighted by Gasteiger charge is 2.48. The van der Waals surface area contributed by atoms with Crippen LogP contribution in [0.15, 0.2) is 24.3 Å². The highest BCUT2D eigenvalue weighted by molar-refractivity contribution is 5.89. The van der Waals surface area contributed by atoms with E-state index < -0.39 is 23.5 Å². The minimum atomic E-state index is -1.79. The molecule has 0 bridgehead atoms. The molecule has 0 spiro atoms. The van der Waals surface area contributed by atoms with E-state index in [-0.39, 0.29) is 0 Å². The van der Waals surface area contributed by atoms with Gasteiger partial charge < -0.3 is 14.9 Å². The van der Waals surface area contributed by atoms with Crippen molar-refractivity contribution in [3.8, 4) is 0 Å². The van der Waals surface area contributed by atoms with Crippen molar-refractivity contribution in [3.63, 3.8) is 0 Å². The lowest BCUT2D eigenvalue weighted by molar-refractivity contribution is -0.168. The monoisotopic (exact) mass is 198 g/mol. The Labute approximate surface area is 80.3 Å². The fourth-order valence-electron chi connectivity index (χ4n) is 1.37. The van der Waals surface area contributed by atoms with Gasteiger partial charge in [0, 0.05) is 7.11 Å². The first-order valence-corrected chi connectivity index (χ1v) is 3.92. The van der Waals surface area contributed by atoms with E-state index in [1.807, 2.05) is 0 Å². The Hall–Kier alpha value is -1.62. The molecule has 2 atom stereocenters. The summed E-state index contributed by atoms with van der Waals surface area (Å²) >= 11 is 0. The van der Waals surface area contributed by atoms with Gasteiger partial charge in [0.1, 0.15) is 5.92 Å². The van der Waals surface area contributed by atoms with Gasteiger partial charge in [-0.15, -0.1) is 0 Å². The zero-order valence-electron chi connectivity index (χ0n) is 7.51. The second-order valence-corrected chi connectivity index (χ2v) is 2.86. The fourth-order valence-corrected chi connectivity index (χ4v) is 1.37. The molecule has 0 heterocycles. The molecule has 2 N–H and O–H groups in total. The Morgan fingerprint density at radius 1 is 1.36 bits per heavy atom.